The van der Waals surface area contributed by atoms with Crippen LogP contribution in [0, 0.1) is 12.3 Å². The highest BCUT2D eigenvalue weighted by Crippen LogP contribution is 2.11. The number of ether oxygens (including phenoxy) is 1. The van der Waals surface area contributed by atoms with Crippen LogP contribution in [0.2, 0.25) is 0 Å². The zero-order valence-electron chi connectivity index (χ0n) is 12.5. The molecule has 2 N–H and O–H groups in total. The molecule has 116 valence electrons. The van der Waals surface area contributed by atoms with Gasteiger partial charge < -0.3 is 9.94 Å². The Bertz CT molecular complexity index is 261. The lowest BCUT2D eigenvalue weighted by molar-refractivity contribution is -0.142. The molecule has 0 saturated carbocycles. The molecule has 0 bridgehead atoms. The molecule has 0 amide bonds. The van der Waals surface area contributed by atoms with Crippen LogP contribution in [0.15, 0.2) is 0 Å². The Labute approximate surface area is 123 Å². The highest BCUT2D eigenvalue weighted by atomic mass is 16.5. The second-order valence-corrected chi connectivity index (χ2v) is 5.06. The molecular formula is C16H29NO3. The maximum atomic E-state index is 11.1. The third-order valence-electron chi connectivity index (χ3n) is 3.24. The number of carbonyl (C=O) groups is 1. The van der Waals surface area contributed by atoms with Crippen molar-refractivity contribution in [3.05, 3.63) is 0 Å². The van der Waals surface area contributed by atoms with E-state index in [0.717, 1.165) is 19.3 Å². The molecule has 0 spiro atoms. The van der Waals surface area contributed by atoms with Gasteiger partial charge in [-0.15, -0.1) is 6.42 Å². The monoisotopic (exact) mass is 283 g/mol. The minimum absolute atomic E-state index is 0.0905. The van der Waals surface area contributed by atoms with E-state index in [-0.39, 0.29) is 12.6 Å². The predicted molar refractivity (Wildman–Crippen MR) is 80.4 cm³/mol. The van der Waals surface area contributed by atoms with Crippen LogP contribution in [0.25, 0.3) is 0 Å². The summed E-state index contributed by atoms with van der Waals surface area (Å²) in [7, 11) is 0. The van der Waals surface area contributed by atoms with Gasteiger partial charge in [-0.2, -0.15) is 0 Å². The van der Waals surface area contributed by atoms with Crippen LogP contribution in [0.1, 0.15) is 70.6 Å². The first kappa shape index (κ1) is 18.9. The molecule has 0 aromatic rings. The summed E-state index contributed by atoms with van der Waals surface area (Å²) in [5.74, 6) is 2.11. The predicted octanol–water partition coefficient (Wildman–Crippen LogP) is 3.43. The van der Waals surface area contributed by atoms with Crippen LogP contribution in [0.3, 0.4) is 0 Å². The van der Waals surface area contributed by atoms with E-state index < -0.39 is 0 Å². The van der Waals surface area contributed by atoms with Gasteiger partial charge in [-0.05, 0) is 12.8 Å². The van der Waals surface area contributed by atoms with Crippen molar-refractivity contribution in [2.75, 3.05) is 13.2 Å². The van der Waals surface area contributed by atoms with Gasteiger partial charge in [-0.1, -0.05) is 57.3 Å². The summed E-state index contributed by atoms with van der Waals surface area (Å²) in [4.78, 5) is 11.1. The van der Waals surface area contributed by atoms with Gasteiger partial charge in [-0.25, -0.2) is 5.48 Å². The second kappa shape index (κ2) is 16.0. The van der Waals surface area contributed by atoms with E-state index in [1.54, 1.807) is 0 Å². The average molecular weight is 283 g/mol. The Kier molecular flexibility index (Phi) is 15.2. The highest BCUT2D eigenvalue weighted by molar-refractivity contribution is 5.69. The molecule has 0 radical (unpaired) electrons. The normalized spacial score (nSPS) is 10.2. The van der Waals surface area contributed by atoms with Crippen LogP contribution in [-0.2, 0) is 9.53 Å². The summed E-state index contributed by atoms with van der Waals surface area (Å²) >= 11 is 0. The molecule has 0 unspecified atom stereocenters. The minimum atomic E-state index is -0.180. The molecular weight excluding hydrogens is 254 g/mol. The van der Waals surface area contributed by atoms with E-state index in [9.17, 15) is 4.79 Å². The van der Waals surface area contributed by atoms with Crippen LogP contribution < -0.4 is 5.48 Å². The van der Waals surface area contributed by atoms with Crippen LogP contribution >= 0.6 is 0 Å². The SMILES string of the molecule is C#CCOC(=O)CCCCCCCCCCCCNO. The van der Waals surface area contributed by atoms with E-state index in [0.29, 0.717) is 13.0 Å². The molecule has 0 aromatic carbocycles. The van der Waals surface area contributed by atoms with Crippen LogP contribution in [-0.4, -0.2) is 24.3 Å². The standard InChI is InChI=1S/C16H29NO3/c1-2-15-20-16(18)13-11-9-7-5-3-4-6-8-10-12-14-17-19/h1,17,19H,3-15H2. The lowest BCUT2D eigenvalue weighted by atomic mass is 10.1. The lowest BCUT2D eigenvalue weighted by Crippen LogP contribution is -2.07. The summed E-state index contributed by atoms with van der Waals surface area (Å²) in [5.41, 5.74) is 2.17. The van der Waals surface area contributed by atoms with Gasteiger partial charge in [0, 0.05) is 13.0 Å². The summed E-state index contributed by atoms with van der Waals surface area (Å²) in [5, 5.41) is 8.40. The number of hydrogen-bond acceptors (Lipinski definition) is 4. The van der Waals surface area contributed by atoms with Gasteiger partial charge in [0.2, 0.25) is 0 Å². The number of nitrogens with one attached hydrogen (secondary N) is 1. The zero-order chi connectivity index (χ0) is 14.9. The Morgan fingerprint density at radius 1 is 0.950 bits per heavy atom. The Hall–Kier alpha value is -1.05. The quantitative estimate of drug-likeness (QED) is 0.222. The number of terminal acetylenes is 1. The van der Waals surface area contributed by atoms with E-state index in [4.69, 9.17) is 16.4 Å². The topological polar surface area (TPSA) is 58.6 Å². The second-order valence-electron chi connectivity index (χ2n) is 5.06. The van der Waals surface area contributed by atoms with Crippen molar-refractivity contribution in [1.29, 1.82) is 0 Å². The van der Waals surface area contributed by atoms with Gasteiger partial charge in [0.25, 0.3) is 0 Å². The summed E-state index contributed by atoms with van der Waals surface area (Å²) in [6, 6.07) is 0. The first-order valence-corrected chi connectivity index (χ1v) is 7.77. The molecule has 0 aliphatic carbocycles. The molecule has 0 aromatic heterocycles. The molecule has 0 atom stereocenters. The number of carbonyl (C=O) groups excluding carboxylic acids is 1. The molecule has 0 saturated heterocycles. The third-order valence-corrected chi connectivity index (χ3v) is 3.24. The first-order valence-electron chi connectivity index (χ1n) is 7.77. The number of hydrogen-bond donors (Lipinski definition) is 2. The Balaban J connectivity index is 3.06. The first-order chi connectivity index (χ1) is 9.81. The number of rotatable bonds is 14. The van der Waals surface area contributed by atoms with Crippen LogP contribution in [0.5, 0.6) is 0 Å². The molecule has 0 aliphatic rings. The fourth-order valence-electron chi connectivity index (χ4n) is 2.08. The number of unbranched alkanes of at least 4 members (excludes halogenated alkanes) is 9. The minimum Gasteiger partial charge on any atom is -0.452 e. The fraction of sp³-hybridized carbons (Fsp3) is 0.812. The smallest absolute Gasteiger partial charge is 0.306 e. The number of hydroxylamine groups is 1. The van der Waals surface area contributed by atoms with E-state index in [2.05, 4.69) is 11.4 Å². The van der Waals surface area contributed by atoms with E-state index in [1.807, 2.05) is 0 Å². The molecule has 4 heteroatoms. The Morgan fingerprint density at radius 2 is 1.45 bits per heavy atom. The molecule has 0 rings (SSSR count). The van der Waals surface area contributed by atoms with Crippen molar-refractivity contribution in [3.8, 4) is 12.3 Å². The van der Waals surface area contributed by atoms with Gasteiger partial charge in [-0.3, -0.25) is 4.79 Å². The van der Waals surface area contributed by atoms with Crippen molar-refractivity contribution in [2.45, 2.75) is 70.6 Å². The Morgan fingerprint density at radius 3 is 1.95 bits per heavy atom. The summed E-state index contributed by atoms with van der Waals surface area (Å²) in [6.07, 6.45) is 17.3. The van der Waals surface area contributed by atoms with Gasteiger partial charge in [0.05, 0.1) is 0 Å². The number of esters is 1. The van der Waals surface area contributed by atoms with Gasteiger partial charge >= 0.3 is 5.97 Å². The van der Waals surface area contributed by atoms with Crippen molar-refractivity contribution in [2.24, 2.45) is 0 Å². The zero-order valence-corrected chi connectivity index (χ0v) is 12.5. The lowest BCUT2D eigenvalue weighted by Gasteiger charge is -2.03. The van der Waals surface area contributed by atoms with Crippen molar-refractivity contribution in [3.63, 3.8) is 0 Å². The third kappa shape index (κ3) is 15.0. The van der Waals surface area contributed by atoms with Crippen molar-refractivity contribution >= 4 is 5.97 Å². The van der Waals surface area contributed by atoms with Crippen molar-refractivity contribution < 1.29 is 14.7 Å². The molecule has 0 aliphatic heterocycles. The van der Waals surface area contributed by atoms with Crippen molar-refractivity contribution in [1.82, 2.24) is 5.48 Å². The maximum Gasteiger partial charge on any atom is 0.306 e. The van der Waals surface area contributed by atoms with Crippen LogP contribution in [0.4, 0.5) is 0 Å². The summed E-state index contributed by atoms with van der Waals surface area (Å²) < 4.78 is 4.80. The highest BCUT2D eigenvalue weighted by Gasteiger charge is 2.01. The largest absolute Gasteiger partial charge is 0.452 e. The molecule has 4 nitrogen and oxygen atoms in total. The molecule has 20 heavy (non-hydrogen) atoms. The maximum absolute atomic E-state index is 11.1. The van der Waals surface area contributed by atoms with E-state index in [1.165, 1.54) is 44.9 Å². The van der Waals surface area contributed by atoms with E-state index >= 15 is 0 Å². The fourth-order valence-corrected chi connectivity index (χ4v) is 2.08. The molecule has 0 fully saturated rings. The summed E-state index contributed by atoms with van der Waals surface area (Å²) in [6.45, 7) is 0.789. The average Bonchev–Trinajstić information content (AvgIpc) is 2.46. The van der Waals surface area contributed by atoms with Gasteiger partial charge in [0.15, 0.2) is 6.61 Å². The van der Waals surface area contributed by atoms with Gasteiger partial charge in [0.1, 0.15) is 0 Å². The molecule has 0 heterocycles.